The van der Waals surface area contributed by atoms with Crippen molar-refractivity contribution >= 4 is 38.4 Å². The van der Waals surface area contributed by atoms with Crippen molar-refractivity contribution in [3.05, 3.63) is 83.3 Å². The number of aromatic amines is 1. The molecule has 5 rings (SSSR count). The van der Waals surface area contributed by atoms with Crippen LogP contribution in [0.4, 0.5) is 4.39 Å². The Hall–Kier alpha value is -3.44. The van der Waals surface area contributed by atoms with Gasteiger partial charge >= 0.3 is 0 Å². The summed E-state index contributed by atoms with van der Waals surface area (Å²) in [6.07, 6.45) is -0.555. The van der Waals surface area contributed by atoms with Crippen molar-refractivity contribution in [2.24, 2.45) is 5.73 Å². The predicted molar refractivity (Wildman–Crippen MR) is 138 cm³/mol. The quantitative estimate of drug-likeness (QED) is 0.363. The number of hydrogen-bond acceptors (Lipinski definition) is 5. The zero-order valence-electron chi connectivity index (χ0n) is 19.5. The van der Waals surface area contributed by atoms with Crippen LogP contribution in [0.2, 0.25) is 5.02 Å². The first-order valence-corrected chi connectivity index (χ1v) is 13.3. The van der Waals surface area contributed by atoms with Gasteiger partial charge in [-0.3, -0.25) is 4.79 Å². The summed E-state index contributed by atoms with van der Waals surface area (Å²) in [5.41, 5.74) is 6.91. The summed E-state index contributed by atoms with van der Waals surface area (Å²) in [7, 11) is -4.12. The molecule has 11 heteroatoms. The number of benzene rings is 3. The molecule has 0 radical (unpaired) electrons. The number of morpholine rings is 1. The molecule has 8 nitrogen and oxygen atoms in total. The third kappa shape index (κ3) is 5.05. The van der Waals surface area contributed by atoms with Crippen molar-refractivity contribution in [1.29, 1.82) is 0 Å². The van der Waals surface area contributed by atoms with Crippen LogP contribution in [-0.4, -0.2) is 56.0 Å². The van der Waals surface area contributed by atoms with Crippen LogP contribution in [0.25, 0.3) is 22.0 Å². The van der Waals surface area contributed by atoms with Crippen molar-refractivity contribution in [1.82, 2.24) is 9.29 Å². The lowest BCUT2D eigenvalue weighted by atomic mass is 10.1. The van der Waals surface area contributed by atoms with Gasteiger partial charge in [0.1, 0.15) is 34.9 Å². The smallest absolute Gasteiger partial charge is 0.266 e. The zero-order valence-corrected chi connectivity index (χ0v) is 21.1. The molecule has 1 aliphatic heterocycles. The second-order valence-corrected chi connectivity index (χ2v) is 10.9. The highest BCUT2D eigenvalue weighted by atomic mass is 35.5. The van der Waals surface area contributed by atoms with E-state index in [9.17, 15) is 17.6 Å². The summed E-state index contributed by atoms with van der Waals surface area (Å²) in [4.78, 5) is 14.7. The van der Waals surface area contributed by atoms with Crippen molar-refractivity contribution in [3.63, 3.8) is 0 Å². The molecule has 0 saturated carbocycles. The molecule has 1 fully saturated rings. The average molecular weight is 544 g/mol. The number of halogens is 2. The van der Waals surface area contributed by atoms with E-state index in [0.29, 0.717) is 27.4 Å². The average Bonchev–Trinajstić information content (AvgIpc) is 3.28. The highest BCUT2D eigenvalue weighted by molar-refractivity contribution is 7.89. The number of H-pyrrole nitrogens is 1. The van der Waals surface area contributed by atoms with E-state index < -0.39 is 22.0 Å². The van der Waals surface area contributed by atoms with Crippen LogP contribution in [0.15, 0.2) is 71.6 Å². The molecule has 4 aromatic rings. The molecule has 3 aromatic carbocycles. The minimum absolute atomic E-state index is 0.0150. The Morgan fingerprint density at radius 2 is 1.92 bits per heavy atom. The highest BCUT2D eigenvalue weighted by Gasteiger charge is 2.36. The Bertz CT molecular complexity index is 1570. The van der Waals surface area contributed by atoms with Crippen LogP contribution in [0, 0.1) is 5.82 Å². The molecule has 2 heterocycles. The fourth-order valence-corrected chi connectivity index (χ4v) is 6.30. The lowest BCUT2D eigenvalue weighted by Crippen LogP contribution is -2.47. The number of rotatable bonds is 7. The molecule has 0 bridgehead atoms. The maximum absolute atomic E-state index is 14.0. The molecule has 1 saturated heterocycles. The first-order valence-electron chi connectivity index (χ1n) is 11.4. The molecular weight excluding hydrogens is 521 g/mol. The summed E-state index contributed by atoms with van der Waals surface area (Å²) in [5, 5.41) is 0.615. The van der Waals surface area contributed by atoms with Gasteiger partial charge in [0.25, 0.3) is 5.91 Å². The number of sulfonamides is 1. The van der Waals surface area contributed by atoms with Crippen molar-refractivity contribution in [3.8, 4) is 16.9 Å². The second-order valence-electron chi connectivity index (χ2n) is 8.55. The number of carbonyl (C=O) groups excluding carboxylic acids is 1. The maximum atomic E-state index is 14.0. The van der Waals surface area contributed by atoms with E-state index in [1.54, 1.807) is 54.6 Å². The Morgan fingerprint density at radius 3 is 2.65 bits per heavy atom. The van der Waals surface area contributed by atoms with Gasteiger partial charge in [0, 0.05) is 34.6 Å². The van der Waals surface area contributed by atoms with Crippen LogP contribution >= 0.6 is 11.6 Å². The summed E-state index contributed by atoms with van der Waals surface area (Å²) >= 11 is 6.10. The summed E-state index contributed by atoms with van der Waals surface area (Å²) in [5.74, 6) is -0.672. The fourth-order valence-electron chi connectivity index (χ4n) is 4.34. The lowest BCUT2D eigenvalue weighted by Gasteiger charge is -2.32. The van der Waals surface area contributed by atoms with Crippen LogP contribution in [0.1, 0.15) is 10.5 Å². The predicted octanol–water partition coefficient (Wildman–Crippen LogP) is 4.19. The van der Waals surface area contributed by atoms with E-state index in [2.05, 4.69) is 4.98 Å². The van der Waals surface area contributed by atoms with E-state index in [1.807, 2.05) is 0 Å². The number of amides is 1. The third-order valence-corrected chi connectivity index (χ3v) is 8.32. The number of nitrogens with two attached hydrogens (primary N) is 1. The standard InChI is InChI=1S/C26H23ClFN3O5S/c27-17-7-10-23-21(13-17)25(24(30-23)26(29)32)37(33,34)31-11-12-35-19(14-31)15-36-18-8-5-16(6-9-18)20-3-1-2-4-22(20)28/h1-10,13,19,30H,11-12,14-15H2,(H2,29,32). The topological polar surface area (TPSA) is 115 Å². The van der Waals surface area contributed by atoms with Gasteiger partial charge in [0.2, 0.25) is 10.0 Å². The molecule has 1 aromatic heterocycles. The number of primary amides is 1. The first kappa shape index (κ1) is 25.2. The van der Waals surface area contributed by atoms with Gasteiger partial charge in [0.05, 0.1) is 6.61 Å². The third-order valence-electron chi connectivity index (χ3n) is 6.13. The summed E-state index contributed by atoms with van der Waals surface area (Å²) in [6.45, 7) is 0.352. The lowest BCUT2D eigenvalue weighted by molar-refractivity contribution is -0.0249. The van der Waals surface area contributed by atoms with Crippen molar-refractivity contribution < 1.29 is 27.1 Å². The van der Waals surface area contributed by atoms with E-state index >= 15 is 0 Å². The molecular formula is C26H23ClFN3O5S. The van der Waals surface area contributed by atoms with Gasteiger partial charge in [-0.1, -0.05) is 41.9 Å². The maximum Gasteiger partial charge on any atom is 0.266 e. The number of hydrogen-bond donors (Lipinski definition) is 2. The van der Waals surface area contributed by atoms with Gasteiger partial charge in [0.15, 0.2) is 0 Å². The van der Waals surface area contributed by atoms with Crippen LogP contribution in [0.5, 0.6) is 5.75 Å². The number of carbonyl (C=O) groups is 1. The largest absolute Gasteiger partial charge is 0.491 e. The van der Waals surface area contributed by atoms with E-state index in [1.165, 1.54) is 16.4 Å². The molecule has 1 unspecified atom stereocenters. The SMILES string of the molecule is NC(=O)c1[nH]c2ccc(Cl)cc2c1S(=O)(=O)N1CCOC(COc2ccc(-c3ccccc3F)cc2)C1. The molecule has 0 spiro atoms. The van der Waals surface area contributed by atoms with Gasteiger partial charge in [-0.2, -0.15) is 4.31 Å². The van der Waals surface area contributed by atoms with Crippen molar-refractivity contribution in [2.45, 2.75) is 11.0 Å². The van der Waals surface area contributed by atoms with Gasteiger partial charge in [-0.25, -0.2) is 12.8 Å². The van der Waals surface area contributed by atoms with Gasteiger partial charge in [-0.05, 0) is 42.0 Å². The molecule has 0 aliphatic carbocycles. The second kappa shape index (κ2) is 10.1. The Balaban J connectivity index is 1.32. The molecule has 1 amide bonds. The van der Waals surface area contributed by atoms with Gasteiger partial charge < -0.3 is 20.2 Å². The first-order chi connectivity index (χ1) is 17.7. The minimum atomic E-state index is -4.12. The monoisotopic (exact) mass is 543 g/mol. The normalized spacial score (nSPS) is 16.6. The number of fused-ring (bicyclic) bond motifs is 1. The van der Waals surface area contributed by atoms with E-state index in [-0.39, 0.29) is 48.1 Å². The van der Waals surface area contributed by atoms with Crippen LogP contribution in [0.3, 0.4) is 0 Å². The van der Waals surface area contributed by atoms with E-state index in [4.69, 9.17) is 26.8 Å². The Labute approximate surface area is 217 Å². The molecule has 37 heavy (non-hydrogen) atoms. The summed E-state index contributed by atoms with van der Waals surface area (Å²) in [6, 6.07) is 18.1. The zero-order chi connectivity index (χ0) is 26.2. The molecule has 1 aliphatic rings. The number of aromatic nitrogens is 1. The van der Waals surface area contributed by atoms with Gasteiger partial charge in [-0.15, -0.1) is 0 Å². The fraction of sp³-hybridized carbons (Fsp3) is 0.192. The Morgan fingerprint density at radius 1 is 1.16 bits per heavy atom. The Kier molecular flexibility index (Phi) is 6.91. The summed E-state index contributed by atoms with van der Waals surface area (Å²) < 4.78 is 54.1. The van der Waals surface area contributed by atoms with Crippen LogP contribution < -0.4 is 10.5 Å². The van der Waals surface area contributed by atoms with Crippen molar-refractivity contribution in [2.75, 3.05) is 26.3 Å². The highest BCUT2D eigenvalue weighted by Crippen LogP contribution is 2.32. The number of nitrogens with zero attached hydrogens (tertiary/aromatic N) is 1. The molecule has 1 atom stereocenters. The van der Waals surface area contributed by atoms with E-state index in [0.717, 1.165) is 0 Å². The molecule has 192 valence electrons. The van der Waals surface area contributed by atoms with Crippen LogP contribution in [-0.2, 0) is 14.8 Å². The molecule has 3 N–H and O–H groups in total. The number of nitrogens with one attached hydrogen (secondary N) is 1. The number of ether oxygens (including phenoxy) is 2. The minimum Gasteiger partial charge on any atom is -0.491 e.